The normalized spacial score (nSPS) is 11.2. The average Bonchev–Trinajstić information content (AvgIpc) is 3.21. The SMILES string of the molecule is Cc1cc(C(=O)Nc2ccc(-c3ccccc3S(N)(=O)=O)cc2)n(-c2cccc(C(=N)N)n2)n1. The number of nitrogens with one attached hydrogen (secondary N) is 2. The monoisotopic (exact) mass is 475 g/mol. The second-order valence-electron chi connectivity index (χ2n) is 7.45. The van der Waals surface area contributed by atoms with Crippen LogP contribution in [-0.2, 0) is 10.0 Å². The van der Waals surface area contributed by atoms with E-state index >= 15 is 0 Å². The number of carbonyl (C=O) groups excluding carboxylic acids is 1. The van der Waals surface area contributed by atoms with E-state index < -0.39 is 15.9 Å². The van der Waals surface area contributed by atoms with Crippen LogP contribution in [0.25, 0.3) is 16.9 Å². The molecule has 0 unspecified atom stereocenters. The molecule has 172 valence electrons. The van der Waals surface area contributed by atoms with Gasteiger partial charge in [-0.15, -0.1) is 0 Å². The van der Waals surface area contributed by atoms with Crippen LogP contribution in [0, 0.1) is 12.3 Å². The first-order valence-corrected chi connectivity index (χ1v) is 11.6. The number of amidine groups is 1. The first-order valence-electron chi connectivity index (χ1n) is 10.1. The second-order valence-corrected chi connectivity index (χ2v) is 8.98. The van der Waals surface area contributed by atoms with Crippen LogP contribution < -0.4 is 16.2 Å². The lowest BCUT2D eigenvalue weighted by Gasteiger charge is -2.11. The van der Waals surface area contributed by atoms with Crippen molar-refractivity contribution in [1.29, 1.82) is 5.41 Å². The number of aryl methyl sites for hydroxylation is 1. The van der Waals surface area contributed by atoms with E-state index in [9.17, 15) is 13.2 Å². The Balaban J connectivity index is 1.61. The van der Waals surface area contributed by atoms with Gasteiger partial charge >= 0.3 is 0 Å². The number of carbonyl (C=O) groups is 1. The molecule has 0 bridgehead atoms. The van der Waals surface area contributed by atoms with E-state index in [1.165, 1.54) is 10.7 Å². The Morgan fingerprint density at radius 2 is 1.74 bits per heavy atom. The van der Waals surface area contributed by atoms with Crippen molar-refractivity contribution in [2.45, 2.75) is 11.8 Å². The molecule has 0 saturated carbocycles. The van der Waals surface area contributed by atoms with Gasteiger partial charge in [0.2, 0.25) is 10.0 Å². The summed E-state index contributed by atoms with van der Waals surface area (Å²) in [6.07, 6.45) is 0. The molecule has 34 heavy (non-hydrogen) atoms. The molecular weight excluding hydrogens is 454 g/mol. The summed E-state index contributed by atoms with van der Waals surface area (Å²) >= 11 is 0. The molecule has 0 saturated heterocycles. The first kappa shape index (κ1) is 22.8. The third-order valence-corrected chi connectivity index (χ3v) is 5.91. The number of nitrogen functional groups attached to an aromatic ring is 1. The number of primary sulfonamides is 1. The minimum atomic E-state index is -3.89. The molecule has 6 N–H and O–H groups in total. The maximum atomic E-state index is 13.0. The van der Waals surface area contributed by atoms with Gasteiger partial charge in [0.1, 0.15) is 17.2 Å². The largest absolute Gasteiger partial charge is 0.382 e. The van der Waals surface area contributed by atoms with Gasteiger partial charge in [0.25, 0.3) is 5.91 Å². The van der Waals surface area contributed by atoms with Crippen LogP contribution in [0.3, 0.4) is 0 Å². The van der Waals surface area contributed by atoms with Crippen LogP contribution in [0.1, 0.15) is 21.9 Å². The molecule has 2 aromatic heterocycles. The Morgan fingerprint density at radius 1 is 1.03 bits per heavy atom. The predicted octanol–water partition coefficient (Wildman–Crippen LogP) is 2.43. The van der Waals surface area contributed by atoms with Crippen LogP contribution in [0.4, 0.5) is 5.69 Å². The lowest BCUT2D eigenvalue weighted by Crippen LogP contribution is -2.19. The summed E-state index contributed by atoms with van der Waals surface area (Å²) in [5, 5.41) is 20.1. The fourth-order valence-corrected chi connectivity index (χ4v) is 4.17. The molecule has 2 heterocycles. The maximum absolute atomic E-state index is 13.0. The molecule has 0 spiro atoms. The number of pyridine rings is 1. The fourth-order valence-electron chi connectivity index (χ4n) is 3.41. The Morgan fingerprint density at radius 3 is 2.41 bits per heavy atom. The summed E-state index contributed by atoms with van der Waals surface area (Å²) in [4.78, 5) is 17.3. The molecule has 11 heteroatoms. The summed E-state index contributed by atoms with van der Waals surface area (Å²) in [6, 6.07) is 19.7. The number of aromatic nitrogens is 3. The molecule has 0 atom stereocenters. The summed E-state index contributed by atoms with van der Waals surface area (Å²) < 4.78 is 25.2. The number of amides is 1. The smallest absolute Gasteiger partial charge is 0.274 e. The summed E-state index contributed by atoms with van der Waals surface area (Å²) in [7, 11) is -3.89. The quantitative estimate of drug-likeness (QED) is 0.246. The van der Waals surface area contributed by atoms with Crippen LogP contribution in [0.15, 0.2) is 77.7 Å². The van der Waals surface area contributed by atoms with Crippen molar-refractivity contribution in [2.75, 3.05) is 5.32 Å². The van der Waals surface area contributed by atoms with Gasteiger partial charge in [0.15, 0.2) is 5.82 Å². The van der Waals surface area contributed by atoms with Crippen LogP contribution >= 0.6 is 0 Å². The molecule has 1 amide bonds. The van der Waals surface area contributed by atoms with Gasteiger partial charge in [-0.05, 0) is 48.9 Å². The molecular formula is C23H21N7O3S. The molecule has 0 aliphatic rings. The van der Waals surface area contributed by atoms with Gasteiger partial charge in [0, 0.05) is 11.3 Å². The second kappa shape index (κ2) is 8.89. The first-order chi connectivity index (χ1) is 16.1. The van der Waals surface area contributed by atoms with Gasteiger partial charge in [-0.25, -0.2) is 23.2 Å². The number of nitrogens with zero attached hydrogens (tertiary/aromatic N) is 3. The van der Waals surface area contributed by atoms with Crippen LogP contribution in [0.2, 0.25) is 0 Å². The molecule has 2 aromatic carbocycles. The number of sulfonamides is 1. The fraction of sp³-hybridized carbons (Fsp3) is 0.0435. The molecule has 4 rings (SSSR count). The minimum Gasteiger partial charge on any atom is -0.382 e. The van der Waals surface area contributed by atoms with Gasteiger partial charge < -0.3 is 11.1 Å². The highest BCUT2D eigenvalue weighted by atomic mass is 32.2. The molecule has 0 aliphatic carbocycles. The standard InChI is InChI=1S/C23H21N7O3S/c1-14-13-19(30(29-14)21-8-4-6-18(28-21)22(24)25)23(31)27-16-11-9-15(10-12-16)17-5-2-3-7-20(17)34(26,32)33/h2-13H,1H3,(H3,24,25)(H,27,31)(H2,26,32,33). The van der Waals surface area contributed by atoms with E-state index in [0.717, 1.165) is 0 Å². The summed E-state index contributed by atoms with van der Waals surface area (Å²) in [6.45, 7) is 1.75. The van der Waals surface area contributed by atoms with Crippen molar-refractivity contribution in [2.24, 2.45) is 10.9 Å². The van der Waals surface area contributed by atoms with Crippen molar-refractivity contribution < 1.29 is 13.2 Å². The van der Waals surface area contributed by atoms with Crippen molar-refractivity contribution in [3.05, 3.63) is 89.9 Å². The Labute approximate surface area is 195 Å². The zero-order valence-corrected chi connectivity index (χ0v) is 18.9. The number of hydrogen-bond acceptors (Lipinski definition) is 6. The number of rotatable bonds is 6. The number of hydrogen-bond donors (Lipinski definition) is 4. The molecule has 0 radical (unpaired) electrons. The minimum absolute atomic E-state index is 0.0199. The zero-order valence-electron chi connectivity index (χ0n) is 18.1. The number of anilines is 1. The molecule has 10 nitrogen and oxygen atoms in total. The van der Waals surface area contributed by atoms with Crippen molar-refractivity contribution in [1.82, 2.24) is 14.8 Å². The van der Waals surface area contributed by atoms with Gasteiger partial charge in [0.05, 0.1) is 10.6 Å². The predicted molar refractivity (Wildman–Crippen MR) is 128 cm³/mol. The topological polar surface area (TPSA) is 170 Å². The summed E-state index contributed by atoms with van der Waals surface area (Å²) in [5.74, 6) is -0.268. The molecule has 0 aliphatic heterocycles. The number of benzene rings is 2. The highest BCUT2D eigenvalue weighted by molar-refractivity contribution is 7.89. The molecule has 4 aromatic rings. The third-order valence-electron chi connectivity index (χ3n) is 4.94. The van der Waals surface area contributed by atoms with Gasteiger partial charge in [-0.2, -0.15) is 5.10 Å². The molecule has 0 fully saturated rings. The lowest BCUT2D eigenvalue weighted by molar-refractivity contribution is 0.101. The highest BCUT2D eigenvalue weighted by Crippen LogP contribution is 2.27. The van der Waals surface area contributed by atoms with Crippen LogP contribution in [0.5, 0.6) is 0 Å². The lowest BCUT2D eigenvalue weighted by atomic mass is 10.1. The van der Waals surface area contributed by atoms with Crippen LogP contribution in [-0.4, -0.2) is 34.9 Å². The van der Waals surface area contributed by atoms with E-state index in [4.69, 9.17) is 16.3 Å². The zero-order chi connectivity index (χ0) is 24.5. The Kier molecular flexibility index (Phi) is 5.97. The van der Waals surface area contributed by atoms with E-state index in [1.54, 1.807) is 73.7 Å². The highest BCUT2D eigenvalue weighted by Gasteiger charge is 2.18. The number of nitrogens with two attached hydrogens (primary N) is 2. The van der Waals surface area contributed by atoms with E-state index in [1.807, 2.05) is 0 Å². The van der Waals surface area contributed by atoms with Crippen molar-refractivity contribution in [3.63, 3.8) is 0 Å². The van der Waals surface area contributed by atoms with Crippen molar-refractivity contribution in [3.8, 4) is 16.9 Å². The van der Waals surface area contributed by atoms with E-state index in [0.29, 0.717) is 28.3 Å². The van der Waals surface area contributed by atoms with E-state index in [-0.39, 0.29) is 22.1 Å². The maximum Gasteiger partial charge on any atom is 0.274 e. The Bertz CT molecular complexity index is 1510. The van der Waals surface area contributed by atoms with Gasteiger partial charge in [-0.3, -0.25) is 10.2 Å². The van der Waals surface area contributed by atoms with Crippen molar-refractivity contribution >= 4 is 27.5 Å². The van der Waals surface area contributed by atoms with E-state index in [2.05, 4.69) is 15.4 Å². The average molecular weight is 476 g/mol. The Hall–Kier alpha value is -4.35. The third kappa shape index (κ3) is 4.70. The van der Waals surface area contributed by atoms with Gasteiger partial charge in [-0.1, -0.05) is 36.4 Å². The summed E-state index contributed by atoms with van der Waals surface area (Å²) in [5.41, 5.74) is 8.24.